The van der Waals surface area contributed by atoms with Gasteiger partial charge in [-0.1, -0.05) is 0 Å². The van der Waals surface area contributed by atoms with Gasteiger partial charge in [0.1, 0.15) is 17.2 Å². The zero-order valence-electron chi connectivity index (χ0n) is 20.0. The number of fused-ring (bicyclic) bond motifs is 1. The number of H-pyrrole nitrogens is 1. The molecule has 2 fully saturated rings. The average Bonchev–Trinajstić information content (AvgIpc) is 3.59. The van der Waals surface area contributed by atoms with E-state index in [1.54, 1.807) is 29.8 Å². The molecule has 3 aliphatic rings. The summed E-state index contributed by atoms with van der Waals surface area (Å²) >= 11 is 0. The van der Waals surface area contributed by atoms with Crippen molar-refractivity contribution in [2.45, 2.75) is 50.4 Å². The fourth-order valence-electron chi connectivity index (χ4n) is 4.52. The highest BCUT2D eigenvalue weighted by atomic mass is 31.2. The number of halogens is 3. The molecule has 6 rings (SSSR count). The third-order valence-electron chi connectivity index (χ3n) is 7.01. The molecule has 0 atom stereocenters. The molecule has 2 aromatic heterocycles. The maximum atomic E-state index is 13.6. The lowest BCUT2D eigenvalue weighted by atomic mass is 9.93. The van der Waals surface area contributed by atoms with Gasteiger partial charge < -0.3 is 29.8 Å². The third-order valence-corrected chi connectivity index (χ3v) is 9.24. The summed E-state index contributed by atoms with van der Waals surface area (Å²) in [6.45, 7) is 0. The van der Waals surface area contributed by atoms with E-state index in [2.05, 4.69) is 30.5 Å². The number of alkyl halides is 3. The molecule has 2 aliphatic carbocycles. The molecule has 3 N–H and O–H groups in total. The Kier molecular flexibility index (Phi) is 5.71. The lowest BCUT2D eigenvalue weighted by Crippen LogP contribution is -2.28. The second kappa shape index (κ2) is 8.83. The van der Waals surface area contributed by atoms with Gasteiger partial charge in [-0.2, -0.15) is 23.1 Å². The van der Waals surface area contributed by atoms with Crippen molar-refractivity contribution in [2.24, 2.45) is 0 Å². The first-order valence-electron chi connectivity index (χ1n) is 12.2. The molecule has 1 aromatic carbocycles. The Morgan fingerprint density at radius 1 is 1.14 bits per heavy atom. The van der Waals surface area contributed by atoms with Crippen molar-refractivity contribution in [2.75, 3.05) is 17.7 Å². The van der Waals surface area contributed by atoms with Crippen LogP contribution in [0.5, 0.6) is 5.75 Å². The van der Waals surface area contributed by atoms with Crippen molar-refractivity contribution in [3.8, 4) is 5.75 Å². The Labute approximate surface area is 211 Å². The second-order valence-electron chi connectivity index (χ2n) is 9.59. The number of nitrogens with zero attached hydrogens (tertiary/aromatic N) is 3. The van der Waals surface area contributed by atoms with Crippen LogP contribution < -0.4 is 20.7 Å². The molecule has 8 nitrogen and oxygen atoms in total. The first kappa shape index (κ1) is 23.9. The standard InChI is InChI=1S/C25H26F3N6O2P/c1-36-20-13-17(37(35)11-9-34(10-12-37)16-5-6-16)7-8-19(20)31-24-32-22-21(18(14-29-22)25(26,27)28)23(33-24)30-15-3-2-4-15/h7-16H,2-6H2,1H3,(H3,29,30,31,32,33). The summed E-state index contributed by atoms with van der Waals surface area (Å²) in [6, 6.07) is 5.73. The number of anilines is 3. The van der Waals surface area contributed by atoms with Crippen molar-refractivity contribution in [3.63, 3.8) is 0 Å². The van der Waals surface area contributed by atoms with Crippen LogP contribution in [0.4, 0.5) is 30.6 Å². The van der Waals surface area contributed by atoms with Gasteiger partial charge >= 0.3 is 6.18 Å². The summed E-state index contributed by atoms with van der Waals surface area (Å²) < 4.78 is 60.0. The zero-order chi connectivity index (χ0) is 25.8. The number of methoxy groups -OCH3 is 1. The highest BCUT2D eigenvalue weighted by Crippen LogP contribution is 2.51. The molecule has 0 spiro atoms. The van der Waals surface area contributed by atoms with Gasteiger partial charge in [0.15, 0.2) is 7.14 Å². The van der Waals surface area contributed by atoms with Crippen molar-refractivity contribution in [1.29, 1.82) is 0 Å². The van der Waals surface area contributed by atoms with Crippen LogP contribution in [-0.2, 0) is 10.7 Å². The van der Waals surface area contributed by atoms with Gasteiger partial charge in [-0.25, -0.2) is 0 Å². The van der Waals surface area contributed by atoms with Crippen molar-refractivity contribution in [3.05, 3.63) is 54.0 Å². The number of nitrogens with one attached hydrogen (secondary N) is 3. The number of rotatable bonds is 7. The van der Waals surface area contributed by atoms with E-state index in [1.807, 2.05) is 12.4 Å². The summed E-state index contributed by atoms with van der Waals surface area (Å²) in [7, 11) is -1.39. The van der Waals surface area contributed by atoms with E-state index in [-0.39, 0.29) is 28.8 Å². The molecule has 3 heterocycles. The molecule has 0 unspecified atom stereocenters. The summed E-state index contributed by atoms with van der Waals surface area (Å²) in [5, 5.41) is 6.74. The Balaban J connectivity index is 1.32. The molecule has 0 amide bonds. The molecule has 37 heavy (non-hydrogen) atoms. The molecule has 2 saturated carbocycles. The van der Waals surface area contributed by atoms with E-state index in [4.69, 9.17) is 4.74 Å². The maximum Gasteiger partial charge on any atom is 0.418 e. The van der Waals surface area contributed by atoms with Crippen LogP contribution in [0.2, 0.25) is 0 Å². The van der Waals surface area contributed by atoms with Gasteiger partial charge in [0.25, 0.3) is 0 Å². The maximum absolute atomic E-state index is 13.6. The molecule has 0 bridgehead atoms. The van der Waals surface area contributed by atoms with Gasteiger partial charge in [-0.15, -0.1) is 0 Å². The average molecular weight is 530 g/mol. The highest BCUT2D eigenvalue weighted by molar-refractivity contribution is 7.77. The van der Waals surface area contributed by atoms with Gasteiger partial charge in [0.05, 0.1) is 23.7 Å². The van der Waals surface area contributed by atoms with Crippen LogP contribution in [0.1, 0.15) is 37.7 Å². The molecule has 0 saturated heterocycles. The lowest BCUT2D eigenvalue weighted by molar-refractivity contribution is -0.136. The fourth-order valence-corrected chi connectivity index (χ4v) is 6.30. The Morgan fingerprint density at radius 2 is 1.89 bits per heavy atom. The highest BCUT2D eigenvalue weighted by Gasteiger charge is 2.36. The minimum Gasteiger partial charge on any atom is -0.495 e. The minimum absolute atomic E-state index is 0.0698. The summed E-state index contributed by atoms with van der Waals surface area (Å²) in [5.74, 6) is 4.14. The first-order chi connectivity index (χ1) is 17.7. The second-order valence-corrected chi connectivity index (χ2v) is 12.1. The summed E-state index contributed by atoms with van der Waals surface area (Å²) in [5.41, 5.74) is -0.236. The van der Waals surface area contributed by atoms with Gasteiger partial charge in [-0.3, -0.25) is 0 Å². The summed E-state index contributed by atoms with van der Waals surface area (Å²) in [4.78, 5) is 13.4. The van der Waals surface area contributed by atoms with Gasteiger partial charge in [0.2, 0.25) is 5.95 Å². The van der Waals surface area contributed by atoms with E-state index < -0.39 is 18.9 Å². The first-order valence-corrected chi connectivity index (χ1v) is 14.0. The predicted octanol–water partition coefficient (Wildman–Crippen LogP) is 6.10. The Morgan fingerprint density at radius 3 is 2.51 bits per heavy atom. The number of ether oxygens (including phenoxy) is 1. The van der Waals surface area contributed by atoms with E-state index in [0.717, 1.165) is 38.3 Å². The number of aromatic nitrogens is 3. The molecule has 0 radical (unpaired) electrons. The molecular formula is C25H26F3N6O2P. The number of benzene rings is 1. The minimum atomic E-state index is -4.54. The van der Waals surface area contributed by atoms with Crippen LogP contribution in [-0.4, -0.2) is 39.0 Å². The SMILES string of the molecule is COc1cc(P2(=O)C=CN(C3CC3)C=C2)ccc1Nc1nc(NC2CCC2)c2c(C(F)(F)F)c[nH]c2n1. The summed E-state index contributed by atoms with van der Waals surface area (Å²) in [6.07, 6.45) is 5.17. The Bertz CT molecular complexity index is 1440. The van der Waals surface area contributed by atoms with Crippen molar-refractivity contribution < 1.29 is 22.5 Å². The van der Waals surface area contributed by atoms with Gasteiger partial charge in [0, 0.05) is 36.0 Å². The zero-order valence-corrected chi connectivity index (χ0v) is 20.9. The third kappa shape index (κ3) is 4.56. The molecule has 3 aromatic rings. The van der Waals surface area contributed by atoms with Crippen LogP contribution in [0.3, 0.4) is 0 Å². The molecular weight excluding hydrogens is 504 g/mol. The quantitative estimate of drug-likeness (QED) is 0.318. The Hall–Kier alpha value is -3.46. The van der Waals surface area contributed by atoms with Crippen molar-refractivity contribution in [1.82, 2.24) is 19.9 Å². The number of aromatic amines is 1. The van der Waals surface area contributed by atoms with Crippen LogP contribution in [0.25, 0.3) is 11.0 Å². The predicted molar refractivity (Wildman–Crippen MR) is 137 cm³/mol. The number of hydrogen-bond acceptors (Lipinski definition) is 7. The molecule has 12 heteroatoms. The van der Waals surface area contributed by atoms with E-state index in [9.17, 15) is 17.7 Å². The largest absolute Gasteiger partial charge is 0.495 e. The van der Waals surface area contributed by atoms with E-state index >= 15 is 0 Å². The lowest BCUT2D eigenvalue weighted by Gasteiger charge is -2.27. The van der Waals surface area contributed by atoms with E-state index in [1.165, 1.54) is 7.11 Å². The monoisotopic (exact) mass is 530 g/mol. The van der Waals surface area contributed by atoms with Crippen LogP contribution >= 0.6 is 7.14 Å². The van der Waals surface area contributed by atoms with Crippen molar-refractivity contribution >= 4 is 40.9 Å². The molecule has 194 valence electrons. The normalized spacial score (nSPS) is 19.2. The van der Waals surface area contributed by atoms with Crippen LogP contribution in [0, 0.1) is 0 Å². The van der Waals surface area contributed by atoms with E-state index in [0.29, 0.717) is 22.8 Å². The number of hydrogen-bond donors (Lipinski definition) is 3. The van der Waals surface area contributed by atoms with Gasteiger partial charge in [-0.05, 0) is 61.9 Å². The smallest absolute Gasteiger partial charge is 0.418 e. The topological polar surface area (TPSA) is 95.2 Å². The van der Waals surface area contributed by atoms with Crippen LogP contribution in [0.15, 0.2) is 48.4 Å². The fraction of sp³-hybridized carbons (Fsp3) is 0.360. The molecule has 1 aliphatic heterocycles.